The lowest BCUT2D eigenvalue weighted by Gasteiger charge is -2.40. The van der Waals surface area contributed by atoms with Crippen LogP contribution in [0.5, 0.6) is 0 Å². The SMILES string of the molecule is O=C([C@@H](O)[C@@H](O)[C@H](O)C(O)CO)[C@H]1O[C@H](CO)[C@H](O)[C@H](O)[C@H]1O. The molecular weight excluding hydrogens is 320 g/mol. The molecule has 1 fully saturated rings. The van der Waals surface area contributed by atoms with E-state index in [9.17, 15) is 40.5 Å². The van der Waals surface area contributed by atoms with E-state index < -0.39 is 73.9 Å². The lowest BCUT2D eigenvalue weighted by atomic mass is 9.89. The zero-order valence-corrected chi connectivity index (χ0v) is 12.0. The van der Waals surface area contributed by atoms with Crippen LogP contribution in [0, 0.1) is 0 Å². The fraction of sp³-hybridized carbons (Fsp3) is 0.917. The fourth-order valence-electron chi connectivity index (χ4n) is 2.20. The van der Waals surface area contributed by atoms with Crippen LogP contribution >= 0.6 is 0 Å². The minimum atomic E-state index is -2.33. The van der Waals surface area contributed by atoms with Gasteiger partial charge in [-0.3, -0.25) is 4.79 Å². The third-order valence-electron chi connectivity index (χ3n) is 3.72. The Morgan fingerprint density at radius 3 is 1.96 bits per heavy atom. The molecule has 1 unspecified atom stereocenters. The summed E-state index contributed by atoms with van der Waals surface area (Å²) in [5, 5.41) is 84.5. The van der Waals surface area contributed by atoms with Gasteiger partial charge in [-0.2, -0.15) is 0 Å². The van der Waals surface area contributed by atoms with Gasteiger partial charge in [0.15, 0.2) is 5.78 Å². The maximum absolute atomic E-state index is 12.1. The molecule has 1 aliphatic rings. The van der Waals surface area contributed by atoms with Crippen LogP contribution in [0.3, 0.4) is 0 Å². The highest BCUT2D eigenvalue weighted by Crippen LogP contribution is 2.23. The molecule has 1 aliphatic heterocycles. The van der Waals surface area contributed by atoms with E-state index in [1.807, 2.05) is 0 Å². The van der Waals surface area contributed by atoms with Crippen molar-refractivity contribution >= 4 is 5.78 Å². The van der Waals surface area contributed by atoms with Crippen LogP contribution in [0.1, 0.15) is 0 Å². The van der Waals surface area contributed by atoms with Crippen molar-refractivity contribution in [3.63, 3.8) is 0 Å². The third-order valence-corrected chi connectivity index (χ3v) is 3.72. The van der Waals surface area contributed by atoms with E-state index >= 15 is 0 Å². The van der Waals surface area contributed by atoms with Gasteiger partial charge in [0.25, 0.3) is 0 Å². The number of aliphatic hydroxyl groups excluding tert-OH is 9. The van der Waals surface area contributed by atoms with Gasteiger partial charge in [-0.15, -0.1) is 0 Å². The van der Waals surface area contributed by atoms with Gasteiger partial charge in [-0.25, -0.2) is 0 Å². The van der Waals surface area contributed by atoms with Crippen molar-refractivity contribution in [1.29, 1.82) is 0 Å². The van der Waals surface area contributed by atoms with E-state index in [4.69, 9.17) is 14.9 Å². The Kier molecular flexibility index (Phi) is 7.41. The summed E-state index contributed by atoms with van der Waals surface area (Å²) in [5.74, 6) is -1.35. The van der Waals surface area contributed by atoms with Crippen LogP contribution in [0.2, 0.25) is 0 Å². The van der Waals surface area contributed by atoms with Crippen LogP contribution in [-0.2, 0) is 9.53 Å². The number of Topliss-reactive ketones (excluding diaryl/α,β-unsaturated/α-hetero) is 1. The zero-order valence-electron chi connectivity index (χ0n) is 12.0. The predicted molar refractivity (Wildman–Crippen MR) is 69.9 cm³/mol. The third kappa shape index (κ3) is 4.22. The number of aliphatic hydroxyl groups is 9. The predicted octanol–water partition coefficient (Wildman–Crippen LogP) is -6.17. The Bertz CT molecular complexity index is 389. The highest BCUT2D eigenvalue weighted by Gasteiger charge is 2.49. The van der Waals surface area contributed by atoms with E-state index in [2.05, 4.69) is 0 Å². The molecule has 0 radical (unpaired) electrons. The van der Waals surface area contributed by atoms with Gasteiger partial charge >= 0.3 is 0 Å². The van der Waals surface area contributed by atoms with E-state index in [0.29, 0.717) is 0 Å². The molecule has 9 N–H and O–H groups in total. The number of carbonyl (C=O) groups is 1. The first-order chi connectivity index (χ1) is 10.7. The average Bonchev–Trinajstić information content (AvgIpc) is 2.56. The standard InChI is InChI=1S/C12H22O11/c13-1-3(15)5(16)7(18)9(20)11(22)12-10(21)8(19)6(17)4(2-14)23-12/h3-10,12-21H,1-2H2/t3?,4-,5-,6+,7+,8+,9+,10-,12+/m1/s1. The molecule has 0 saturated carbocycles. The summed E-state index contributed by atoms with van der Waals surface area (Å²) >= 11 is 0. The first-order valence-electron chi connectivity index (χ1n) is 6.84. The van der Waals surface area contributed by atoms with Gasteiger partial charge in [-0.1, -0.05) is 0 Å². The Labute approximate surface area is 130 Å². The number of carbonyl (C=O) groups excluding carboxylic acids is 1. The summed E-state index contributed by atoms with van der Waals surface area (Å²) in [5.41, 5.74) is 0. The summed E-state index contributed by atoms with van der Waals surface area (Å²) in [4.78, 5) is 12.1. The first kappa shape index (κ1) is 20.3. The Morgan fingerprint density at radius 2 is 1.48 bits per heavy atom. The number of hydrogen-bond acceptors (Lipinski definition) is 11. The monoisotopic (exact) mass is 342 g/mol. The highest BCUT2D eigenvalue weighted by molar-refractivity contribution is 5.88. The number of ether oxygens (including phenoxy) is 1. The second kappa shape index (κ2) is 8.39. The molecule has 1 heterocycles. The lowest BCUT2D eigenvalue weighted by molar-refractivity contribution is -0.231. The molecule has 0 amide bonds. The maximum Gasteiger partial charge on any atom is 0.195 e. The quantitative estimate of drug-likeness (QED) is 0.212. The van der Waals surface area contributed by atoms with Crippen LogP contribution in [0.15, 0.2) is 0 Å². The summed E-state index contributed by atoms with van der Waals surface area (Å²) in [6.45, 7) is -1.74. The lowest BCUT2D eigenvalue weighted by Crippen LogP contribution is -2.63. The van der Waals surface area contributed by atoms with Gasteiger partial charge in [0.05, 0.1) is 13.2 Å². The average molecular weight is 342 g/mol. The molecule has 0 spiro atoms. The Morgan fingerprint density at radius 1 is 0.913 bits per heavy atom. The van der Waals surface area contributed by atoms with Crippen LogP contribution < -0.4 is 0 Å². The van der Waals surface area contributed by atoms with Crippen LogP contribution in [0.4, 0.5) is 0 Å². The topological polar surface area (TPSA) is 208 Å². The first-order valence-corrected chi connectivity index (χ1v) is 6.84. The summed E-state index contributed by atoms with van der Waals surface area (Å²) < 4.78 is 4.91. The van der Waals surface area contributed by atoms with Gasteiger partial charge < -0.3 is 50.7 Å². The van der Waals surface area contributed by atoms with Crippen molar-refractivity contribution in [3.05, 3.63) is 0 Å². The molecule has 0 bridgehead atoms. The van der Waals surface area contributed by atoms with Crippen molar-refractivity contribution in [1.82, 2.24) is 0 Å². The fourth-order valence-corrected chi connectivity index (χ4v) is 2.20. The largest absolute Gasteiger partial charge is 0.394 e. The molecular formula is C12H22O11. The Hall–Kier alpha value is -0.730. The summed E-state index contributed by atoms with van der Waals surface area (Å²) in [6, 6.07) is 0. The van der Waals surface area contributed by atoms with Crippen molar-refractivity contribution < 1.29 is 55.5 Å². The highest BCUT2D eigenvalue weighted by atomic mass is 16.5. The van der Waals surface area contributed by atoms with Gasteiger partial charge in [-0.05, 0) is 0 Å². The summed E-state index contributed by atoms with van der Waals surface area (Å²) in [7, 11) is 0. The molecule has 0 aliphatic carbocycles. The van der Waals surface area contributed by atoms with E-state index in [1.54, 1.807) is 0 Å². The van der Waals surface area contributed by atoms with E-state index in [-0.39, 0.29) is 0 Å². The molecule has 0 aromatic rings. The molecule has 136 valence electrons. The normalized spacial score (nSPS) is 37.0. The number of hydrogen-bond donors (Lipinski definition) is 9. The maximum atomic E-state index is 12.1. The molecule has 11 nitrogen and oxygen atoms in total. The molecule has 11 heteroatoms. The number of rotatable bonds is 7. The van der Waals surface area contributed by atoms with Crippen molar-refractivity contribution in [3.8, 4) is 0 Å². The second-order valence-corrected chi connectivity index (χ2v) is 5.33. The van der Waals surface area contributed by atoms with Gasteiger partial charge in [0.2, 0.25) is 0 Å². The second-order valence-electron chi connectivity index (χ2n) is 5.33. The molecule has 9 atom stereocenters. The van der Waals surface area contributed by atoms with Gasteiger partial charge in [0.1, 0.15) is 54.9 Å². The molecule has 1 saturated heterocycles. The molecule has 0 aromatic carbocycles. The van der Waals surface area contributed by atoms with Crippen molar-refractivity contribution in [2.45, 2.75) is 54.9 Å². The summed E-state index contributed by atoms with van der Waals surface area (Å²) in [6.07, 6.45) is -17.2. The van der Waals surface area contributed by atoms with Crippen LogP contribution in [-0.4, -0.2) is 120 Å². The molecule has 1 rings (SSSR count). The minimum Gasteiger partial charge on any atom is -0.394 e. The van der Waals surface area contributed by atoms with E-state index in [1.165, 1.54) is 0 Å². The van der Waals surface area contributed by atoms with Crippen molar-refractivity contribution in [2.24, 2.45) is 0 Å². The van der Waals surface area contributed by atoms with Crippen LogP contribution in [0.25, 0.3) is 0 Å². The molecule has 0 aromatic heterocycles. The van der Waals surface area contributed by atoms with Crippen molar-refractivity contribution in [2.75, 3.05) is 13.2 Å². The minimum absolute atomic E-state index is 0.792. The number of ketones is 1. The smallest absolute Gasteiger partial charge is 0.195 e. The Balaban J connectivity index is 2.85. The zero-order chi connectivity index (χ0) is 17.9. The van der Waals surface area contributed by atoms with Gasteiger partial charge in [0, 0.05) is 0 Å². The van der Waals surface area contributed by atoms with E-state index in [0.717, 1.165) is 0 Å². The molecule has 23 heavy (non-hydrogen) atoms.